The summed E-state index contributed by atoms with van der Waals surface area (Å²) in [4.78, 5) is 38.6. The summed E-state index contributed by atoms with van der Waals surface area (Å²) in [7, 11) is 3.48. The van der Waals surface area contributed by atoms with Gasteiger partial charge in [-0.15, -0.1) is 11.3 Å². The molecule has 7 nitrogen and oxygen atoms in total. The fourth-order valence-corrected chi connectivity index (χ4v) is 5.45. The fraction of sp³-hybridized carbons (Fsp3) is 0.292. The smallest absolute Gasteiger partial charge is 0.263 e. The van der Waals surface area contributed by atoms with Crippen LogP contribution in [0.3, 0.4) is 0 Å². The van der Waals surface area contributed by atoms with Crippen LogP contribution in [0.2, 0.25) is 0 Å². The third kappa shape index (κ3) is 3.65. The van der Waals surface area contributed by atoms with Crippen LogP contribution in [0.1, 0.15) is 26.9 Å². The predicted molar refractivity (Wildman–Crippen MR) is 125 cm³/mol. The van der Waals surface area contributed by atoms with Crippen LogP contribution < -0.4 is 0 Å². The molecule has 1 aromatic carbocycles. The van der Waals surface area contributed by atoms with E-state index < -0.39 is 0 Å². The van der Waals surface area contributed by atoms with Gasteiger partial charge in [-0.3, -0.25) is 9.59 Å². The molecule has 0 bridgehead atoms. The second-order valence-electron chi connectivity index (χ2n) is 8.14. The number of aromatic amines is 1. The summed E-state index contributed by atoms with van der Waals surface area (Å²) in [6.45, 7) is 1.38. The van der Waals surface area contributed by atoms with E-state index in [9.17, 15) is 9.59 Å². The number of carbonyl (C=O) groups is 2. The Morgan fingerprint density at radius 3 is 2.88 bits per heavy atom. The van der Waals surface area contributed by atoms with Crippen molar-refractivity contribution in [1.29, 1.82) is 0 Å². The first-order valence-electron chi connectivity index (χ1n) is 10.6. The molecule has 1 aliphatic heterocycles. The van der Waals surface area contributed by atoms with Gasteiger partial charge in [0.25, 0.3) is 5.91 Å². The Kier molecular flexibility index (Phi) is 5.40. The number of rotatable bonds is 4. The highest BCUT2D eigenvalue weighted by atomic mass is 32.1. The largest absolute Gasteiger partial charge is 0.370 e. The van der Waals surface area contributed by atoms with E-state index in [1.165, 1.54) is 11.3 Å². The van der Waals surface area contributed by atoms with Crippen molar-refractivity contribution in [3.05, 3.63) is 64.8 Å². The molecule has 0 spiro atoms. The zero-order chi connectivity index (χ0) is 22.2. The minimum absolute atomic E-state index is 0.0567. The number of amides is 2. The first kappa shape index (κ1) is 20.7. The minimum atomic E-state index is -0.368. The maximum Gasteiger partial charge on any atom is 0.263 e. The number of benzene rings is 1. The van der Waals surface area contributed by atoms with Crippen molar-refractivity contribution < 1.29 is 14.3 Å². The maximum absolute atomic E-state index is 13.2. The van der Waals surface area contributed by atoms with Crippen molar-refractivity contribution in [2.45, 2.75) is 12.5 Å². The van der Waals surface area contributed by atoms with Crippen LogP contribution >= 0.6 is 11.3 Å². The average Bonchev–Trinajstić information content (AvgIpc) is 3.40. The number of carbonyl (C=O) groups excluding carboxylic acids is 2. The Morgan fingerprint density at radius 2 is 2.03 bits per heavy atom. The maximum atomic E-state index is 13.2. The molecule has 0 aliphatic carbocycles. The average molecular weight is 449 g/mol. The number of nitrogens with zero attached hydrogens (tertiary/aromatic N) is 3. The third-order valence-electron chi connectivity index (χ3n) is 5.86. The molecule has 1 fully saturated rings. The molecule has 0 radical (unpaired) electrons. The van der Waals surface area contributed by atoms with E-state index in [1.54, 1.807) is 25.2 Å². The van der Waals surface area contributed by atoms with E-state index in [2.05, 4.69) is 9.97 Å². The number of hydrogen-bond acceptors (Lipinski definition) is 5. The molecule has 1 atom stereocenters. The topological polar surface area (TPSA) is 78.5 Å². The van der Waals surface area contributed by atoms with Gasteiger partial charge in [0.2, 0.25) is 5.91 Å². The Labute approximate surface area is 189 Å². The van der Waals surface area contributed by atoms with Crippen molar-refractivity contribution in [2.24, 2.45) is 0 Å². The standard InChI is InChI=1S/C24H24N4O3S/c1-27(2)24(30)22-21(17-7-5-9-25-23(17)32-22)19-14-28(10-11-31-19)20(29)12-15-13-26-18-8-4-3-6-16(15)18/h3-9,13,19,26H,10-12,14H2,1-2H3/t19-/m1/s1. The van der Waals surface area contributed by atoms with Crippen LogP contribution in [0.5, 0.6) is 0 Å². The summed E-state index contributed by atoms with van der Waals surface area (Å²) in [5.41, 5.74) is 2.85. The van der Waals surface area contributed by atoms with E-state index in [1.807, 2.05) is 47.5 Å². The summed E-state index contributed by atoms with van der Waals surface area (Å²) < 4.78 is 6.09. The molecule has 1 saturated heterocycles. The van der Waals surface area contributed by atoms with Gasteiger partial charge in [0.1, 0.15) is 15.8 Å². The Bertz CT molecular complexity index is 1310. The molecular formula is C24H24N4O3S. The lowest BCUT2D eigenvalue weighted by Gasteiger charge is -2.33. The van der Waals surface area contributed by atoms with Gasteiger partial charge in [0.15, 0.2) is 0 Å². The molecule has 1 aliphatic rings. The molecular weight excluding hydrogens is 424 g/mol. The van der Waals surface area contributed by atoms with E-state index in [-0.39, 0.29) is 17.9 Å². The molecule has 0 saturated carbocycles. The molecule has 32 heavy (non-hydrogen) atoms. The highest BCUT2D eigenvalue weighted by molar-refractivity contribution is 7.20. The van der Waals surface area contributed by atoms with Gasteiger partial charge in [-0.25, -0.2) is 4.98 Å². The molecule has 3 aromatic heterocycles. The summed E-state index contributed by atoms with van der Waals surface area (Å²) in [5, 5.41) is 1.98. The summed E-state index contributed by atoms with van der Waals surface area (Å²) >= 11 is 1.38. The predicted octanol–water partition coefficient (Wildman–Crippen LogP) is 3.62. The SMILES string of the molecule is CN(C)C(=O)c1sc2ncccc2c1[C@H]1CN(C(=O)Cc2c[nH]c3ccccc23)CCO1. The van der Waals surface area contributed by atoms with Crippen LogP contribution in [-0.2, 0) is 16.0 Å². The molecule has 4 aromatic rings. The molecule has 4 heterocycles. The first-order valence-corrected chi connectivity index (χ1v) is 11.4. The normalized spacial score (nSPS) is 16.6. The molecule has 2 amide bonds. The molecule has 8 heteroatoms. The lowest BCUT2D eigenvalue weighted by atomic mass is 10.0. The number of hydrogen-bond donors (Lipinski definition) is 1. The number of H-pyrrole nitrogens is 1. The number of para-hydroxylation sites is 1. The van der Waals surface area contributed by atoms with Crippen molar-refractivity contribution in [1.82, 2.24) is 19.8 Å². The lowest BCUT2D eigenvalue weighted by molar-refractivity contribution is -0.138. The number of fused-ring (bicyclic) bond motifs is 2. The van der Waals surface area contributed by atoms with E-state index >= 15 is 0 Å². The van der Waals surface area contributed by atoms with Crippen molar-refractivity contribution in [3.63, 3.8) is 0 Å². The van der Waals surface area contributed by atoms with Gasteiger partial charge in [-0.2, -0.15) is 0 Å². The number of aromatic nitrogens is 2. The third-order valence-corrected chi connectivity index (χ3v) is 6.98. The fourth-order valence-electron chi connectivity index (χ4n) is 4.24. The molecule has 164 valence electrons. The second kappa shape index (κ2) is 8.37. The summed E-state index contributed by atoms with van der Waals surface area (Å²) in [6, 6.07) is 11.8. The molecule has 5 rings (SSSR count). The zero-order valence-corrected chi connectivity index (χ0v) is 18.8. The van der Waals surface area contributed by atoms with Gasteiger partial charge in [0, 0.05) is 54.9 Å². The number of pyridine rings is 1. The zero-order valence-electron chi connectivity index (χ0n) is 18.0. The Morgan fingerprint density at radius 1 is 1.22 bits per heavy atom. The van der Waals surface area contributed by atoms with Gasteiger partial charge in [-0.1, -0.05) is 24.3 Å². The highest BCUT2D eigenvalue weighted by Crippen LogP contribution is 2.38. The van der Waals surface area contributed by atoms with Gasteiger partial charge in [0.05, 0.1) is 19.6 Å². The Balaban J connectivity index is 1.43. The molecule has 0 unspecified atom stereocenters. The van der Waals surface area contributed by atoms with E-state index in [0.29, 0.717) is 31.0 Å². The van der Waals surface area contributed by atoms with Gasteiger partial charge in [-0.05, 0) is 17.7 Å². The monoisotopic (exact) mass is 448 g/mol. The Hall–Kier alpha value is -3.23. The number of ether oxygens (including phenoxy) is 1. The second-order valence-corrected chi connectivity index (χ2v) is 9.14. The molecule has 1 N–H and O–H groups in total. The van der Waals surface area contributed by atoms with Crippen molar-refractivity contribution in [3.8, 4) is 0 Å². The highest BCUT2D eigenvalue weighted by Gasteiger charge is 2.32. The van der Waals surface area contributed by atoms with Crippen molar-refractivity contribution in [2.75, 3.05) is 33.8 Å². The van der Waals surface area contributed by atoms with Crippen LogP contribution in [0.4, 0.5) is 0 Å². The van der Waals surface area contributed by atoms with Crippen LogP contribution in [0, 0.1) is 0 Å². The lowest BCUT2D eigenvalue weighted by Crippen LogP contribution is -2.43. The number of thiophene rings is 1. The minimum Gasteiger partial charge on any atom is -0.370 e. The quantitative estimate of drug-likeness (QED) is 0.517. The van der Waals surface area contributed by atoms with E-state index in [0.717, 1.165) is 32.2 Å². The van der Waals surface area contributed by atoms with Crippen LogP contribution in [0.15, 0.2) is 48.8 Å². The number of nitrogens with one attached hydrogen (secondary N) is 1. The van der Waals surface area contributed by atoms with E-state index in [4.69, 9.17) is 4.74 Å². The van der Waals surface area contributed by atoms with Crippen LogP contribution in [-0.4, -0.2) is 65.4 Å². The summed E-state index contributed by atoms with van der Waals surface area (Å²) in [6.07, 6.45) is 3.59. The van der Waals surface area contributed by atoms with Crippen LogP contribution in [0.25, 0.3) is 21.1 Å². The summed E-state index contributed by atoms with van der Waals surface area (Å²) in [5.74, 6) is -0.0185. The first-order chi connectivity index (χ1) is 15.5. The van der Waals surface area contributed by atoms with Gasteiger partial charge >= 0.3 is 0 Å². The van der Waals surface area contributed by atoms with Crippen molar-refractivity contribution >= 4 is 44.3 Å². The number of morpholine rings is 1. The van der Waals surface area contributed by atoms with Gasteiger partial charge < -0.3 is 19.5 Å².